The van der Waals surface area contributed by atoms with Gasteiger partial charge in [0.05, 0.1) is 12.7 Å². The summed E-state index contributed by atoms with van der Waals surface area (Å²) in [5.74, 6) is 2.69. The van der Waals surface area contributed by atoms with Crippen LogP contribution in [0, 0.1) is 5.41 Å². The third-order valence-electron chi connectivity index (χ3n) is 8.24. The van der Waals surface area contributed by atoms with E-state index in [0.29, 0.717) is 11.3 Å². The fourth-order valence-electron chi connectivity index (χ4n) is 6.72. The summed E-state index contributed by atoms with van der Waals surface area (Å²) in [6.07, 6.45) is 18.2. The minimum absolute atomic E-state index is 0.132. The van der Waals surface area contributed by atoms with Crippen molar-refractivity contribution in [2.45, 2.75) is 103 Å². The molecule has 0 radical (unpaired) electrons. The van der Waals surface area contributed by atoms with Crippen LogP contribution in [0.1, 0.15) is 119 Å². The van der Waals surface area contributed by atoms with Crippen LogP contribution in [0.15, 0.2) is 41.4 Å². The number of methoxy groups -OCH3 is 1. The van der Waals surface area contributed by atoms with Gasteiger partial charge in [-0.15, -0.1) is 0 Å². The van der Waals surface area contributed by atoms with Gasteiger partial charge in [-0.25, -0.2) is 0 Å². The van der Waals surface area contributed by atoms with Crippen LogP contribution in [0.2, 0.25) is 0 Å². The molecule has 1 fully saturated rings. The van der Waals surface area contributed by atoms with E-state index in [1.54, 1.807) is 23.8 Å². The average Bonchev–Trinajstić information content (AvgIpc) is 2.92. The lowest BCUT2D eigenvalue weighted by Gasteiger charge is -2.36. The monoisotopic (exact) mass is 432 g/mol. The number of rotatable bonds is 3. The molecule has 0 spiro atoms. The van der Waals surface area contributed by atoms with Crippen molar-refractivity contribution in [1.82, 2.24) is 0 Å². The molecule has 1 aromatic rings. The van der Waals surface area contributed by atoms with Gasteiger partial charge in [0.2, 0.25) is 0 Å². The minimum Gasteiger partial charge on any atom is -0.496 e. The minimum atomic E-state index is 0.132. The molecular weight excluding hydrogens is 392 g/mol. The Labute approximate surface area is 194 Å². The highest BCUT2D eigenvalue weighted by molar-refractivity contribution is 5.83. The molecule has 5 rings (SSSR count). The van der Waals surface area contributed by atoms with E-state index < -0.39 is 0 Å². The van der Waals surface area contributed by atoms with Gasteiger partial charge in [-0.2, -0.15) is 0 Å². The number of ether oxygens (including phenoxy) is 2. The summed E-state index contributed by atoms with van der Waals surface area (Å²) in [6.45, 7) is 7.33. The first kappa shape index (κ1) is 21.9. The zero-order valence-electron chi connectivity index (χ0n) is 20.6. The predicted octanol–water partition coefficient (Wildman–Crippen LogP) is 8.54. The van der Waals surface area contributed by atoms with Gasteiger partial charge < -0.3 is 9.47 Å². The summed E-state index contributed by atoms with van der Waals surface area (Å²) in [6, 6.07) is 4.80. The van der Waals surface area contributed by atoms with Crippen molar-refractivity contribution >= 4 is 5.57 Å². The highest BCUT2D eigenvalue weighted by Gasteiger charge is 2.37. The molecule has 1 heterocycles. The molecule has 2 nitrogen and oxygen atoms in total. The molecule has 1 aromatic carbocycles. The molecule has 4 aliphatic rings. The zero-order chi connectivity index (χ0) is 22.3. The molecule has 32 heavy (non-hydrogen) atoms. The van der Waals surface area contributed by atoms with E-state index >= 15 is 0 Å². The first-order valence-electron chi connectivity index (χ1n) is 12.9. The molecule has 0 amide bonds. The standard InChI is InChI=1S/C30H40O2/c1-20-19-30(2,3)18-17-22-14-15-23-28-24(31-4)11-8-12-25(28)32-26(29(23)27(20)22)16-13-21-9-6-5-7-10-21/h11,13-15,20,26H,5-10,12,16-19H2,1-4H3/t20-,26?/m0/s1. The quantitative estimate of drug-likeness (QED) is 0.352. The number of hydrogen-bond acceptors (Lipinski definition) is 2. The lowest BCUT2D eigenvalue weighted by molar-refractivity contribution is 0.105. The lowest BCUT2D eigenvalue weighted by atomic mass is 9.77. The van der Waals surface area contributed by atoms with Crippen LogP contribution in [0.4, 0.5) is 0 Å². The van der Waals surface area contributed by atoms with Gasteiger partial charge in [-0.05, 0) is 85.5 Å². The van der Waals surface area contributed by atoms with E-state index in [9.17, 15) is 0 Å². The van der Waals surface area contributed by atoms with Gasteiger partial charge >= 0.3 is 0 Å². The van der Waals surface area contributed by atoms with Crippen LogP contribution in [-0.2, 0) is 15.9 Å². The van der Waals surface area contributed by atoms with E-state index in [4.69, 9.17) is 9.47 Å². The summed E-state index contributed by atoms with van der Waals surface area (Å²) in [5, 5.41) is 0. The van der Waals surface area contributed by atoms with Crippen LogP contribution < -0.4 is 0 Å². The summed E-state index contributed by atoms with van der Waals surface area (Å²) < 4.78 is 12.7. The van der Waals surface area contributed by atoms with Crippen molar-refractivity contribution in [3.8, 4) is 0 Å². The fourth-order valence-corrected chi connectivity index (χ4v) is 6.72. The molecule has 1 saturated carbocycles. The second-order valence-corrected chi connectivity index (χ2v) is 11.2. The molecule has 1 aliphatic heterocycles. The molecule has 2 atom stereocenters. The smallest absolute Gasteiger partial charge is 0.128 e. The van der Waals surface area contributed by atoms with Crippen LogP contribution in [0.5, 0.6) is 0 Å². The maximum atomic E-state index is 6.86. The molecular formula is C30H40O2. The third kappa shape index (κ3) is 4.06. The van der Waals surface area contributed by atoms with Gasteiger partial charge in [0.1, 0.15) is 17.6 Å². The van der Waals surface area contributed by atoms with Crippen molar-refractivity contribution in [1.29, 1.82) is 0 Å². The second-order valence-electron chi connectivity index (χ2n) is 11.2. The Morgan fingerprint density at radius 2 is 1.88 bits per heavy atom. The number of aryl methyl sites for hydroxylation is 1. The fraction of sp³-hybridized carbons (Fsp3) is 0.600. The average molecular weight is 433 g/mol. The Bertz CT molecular complexity index is 967. The van der Waals surface area contributed by atoms with Gasteiger partial charge in [-0.3, -0.25) is 0 Å². The number of benzene rings is 1. The summed E-state index contributed by atoms with van der Waals surface area (Å²) in [7, 11) is 1.80. The molecule has 172 valence electrons. The van der Waals surface area contributed by atoms with Gasteiger partial charge in [0.15, 0.2) is 0 Å². The SMILES string of the molecule is COC1=CCCC2=C1c1ccc3c(c1C(CC=C1CCCCC1)O2)[C@@H](C)CC(C)(C)CC3. The first-order valence-corrected chi connectivity index (χ1v) is 12.9. The molecule has 0 N–H and O–H groups in total. The highest BCUT2D eigenvalue weighted by atomic mass is 16.5. The lowest BCUT2D eigenvalue weighted by Crippen LogP contribution is -2.21. The first-order chi connectivity index (χ1) is 15.5. The number of hydrogen-bond donors (Lipinski definition) is 0. The Balaban J connectivity index is 1.62. The molecule has 0 bridgehead atoms. The van der Waals surface area contributed by atoms with Gasteiger partial charge in [0, 0.05) is 18.4 Å². The van der Waals surface area contributed by atoms with Gasteiger partial charge in [-0.1, -0.05) is 51.0 Å². The number of fused-ring (bicyclic) bond motifs is 4. The summed E-state index contributed by atoms with van der Waals surface area (Å²) >= 11 is 0. The molecule has 2 heteroatoms. The van der Waals surface area contributed by atoms with Crippen molar-refractivity contribution in [2.24, 2.45) is 5.41 Å². The van der Waals surface area contributed by atoms with Crippen LogP contribution in [0.25, 0.3) is 5.57 Å². The maximum Gasteiger partial charge on any atom is 0.128 e. The topological polar surface area (TPSA) is 18.5 Å². The molecule has 0 saturated heterocycles. The molecule has 1 unspecified atom stereocenters. The highest BCUT2D eigenvalue weighted by Crippen LogP contribution is 2.51. The molecule has 0 aromatic heterocycles. The van der Waals surface area contributed by atoms with Crippen molar-refractivity contribution < 1.29 is 9.47 Å². The van der Waals surface area contributed by atoms with E-state index in [1.165, 1.54) is 68.1 Å². The van der Waals surface area contributed by atoms with Gasteiger partial charge in [0.25, 0.3) is 0 Å². The van der Waals surface area contributed by atoms with E-state index in [1.807, 2.05) is 0 Å². The van der Waals surface area contributed by atoms with Crippen molar-refractivity contribution in [2.75, 3.05) is 7.11 Å². The third-order valence-corrected chi connectivity index (χ3v) is 8.24. The summed E-state index contributed by atoms with van der Waals surface area (Å²) in [5.41, 5.74) is 9.21. The summed E-state index contributed by atoms with van der Waals surface area (Å²) in [4.78, 5) is 0. The Morgan fingerprint density at radius 3 is 2.66 bits per heavy atom. The largest absolute Gasteiger partial charge is 0.496 e. The van der Waals surface area contributed by atoms with Crippen LogP contribution in [-0.4, -0.2) is 7.11 Å². The number of allylic oxidation sites excluding steroid dienone is 4. The van der Waals surface area contributed by atoms with E-state index in [-0.39, 0.29) is 6.10 Å². The Hall–Kier alpha value is -1.96. The van der Waals surface area contributed by atoms with Crippen molar-refractivity contribution in [3.05, 3.63) is 63.6 Å². The zero-order valence-corrected chi connectivity index (χ0v) is 20.6. The van der Waals surface area contributed by atoms with Crippen LogP contribution >= 0.6 is 0 Å². The normalized spacial score (nSPS) is 26.8. The van der Waals surface area contributed by atoms with Crippen LogP contribution in [0.3, 0.4) is 0 Å². The maximum absolute atomic E-state index is 6.86. The molecule has 3 aliphatic carbocycles. The Morgan fingerprint density at radius 1 is 1.06 bits per heavy atom. The van der Waals surface area contributed by atoms with E-state index in [2.05, 4.69) is 45.1 Å². The predicted molar refractivity (Wildman–Crippen MR) is 132 cm³/mol. The Kier molecular flexibility index (Phi) is 5.99. The van der Waals surface area contributed by atoms with E-state index in [0.717, 1.165) is 30.8 Å². The van der Waals surface area contributed by atoms with Crippen molar-refractivity contribution in [3.63, 3.8) is 0 Å². The second kappa shape index (κ2) is 8.76.